The van der Waals surface area contributed by atoms with Crippen molar-refractivity contribution in [1.82, 2.24) is 15.2 Å². The lowest BCUT2D eigenvalue weighted by Crippen LogP contribution is -2.48. The number of carbonyl (C=O) groups excluding carboxylic acids is 1. The van der Waals surface area contributed by atoms with Gasteiger partial charge in [0.25, 0.3) is 5.91 Å². The van der Waals surface area contributed by atoms with E-state index in [1.165, 1.54) is 0 Å². The number of hydrogen-bond acceptors (Lipinski definition) is 5. The third-order valence-corrected chi connectivity index (χ3v) is 5.13. The predicted octanol–water partition coefficient (Wildman–Crippen LogP) is 2.85. The van der Waals surface area contributed by atoms with Crippen LogP contribution in [0.25, 0.3) is 0 Å². The van der Waals surface area contributed by atoms with Crippen molar-refractivity contribution >= 4 is 18.3 Å². The maximum absolute atomic E-state index is 13.1. The SMILES string of the molecule is Cl.O=C(c1ccc(OCC2CCCO2)cc1)N1CCNCC1c1cccnc1. The molecule has 0 aliphatic carbocycles. The maximum atomic E-state index is 13.1. The Morgan fingerprint density at radius 1 is 1.29 bits per heavy atom. The van der Waals surface area contributed by atoms with Gasteiger partial charge in [0.15, 0.2) is 0 Å². The van der Waals surface area contributed by atoms with Crippen molar-refractivity contribution < 1.29 is 14.3 Å². The number of hydrogen-bond donors (Lipinski definition) is 1. The lowest BCUT2D eigenvalue weighted by Gasteiger charge is -2.36. The topological polar surface area (TPSA) is 63.7 Å². The van der Waals surface area contributed by atoms with Gasteiger partial charge in [-0.2, -0.15) is 0 Å². The number of nitrogens with one attached hydrogen (secondary N) is 1. The second kappa shape index (κ2) is 9.87. The molecule has 2 saturated heterocycles. The van der Waals surface area contributed by atoms with Gasteiger partial charge in [-0.3, -0.25) is 9.78 Å². The van der Waals surface area contributed by atoms with Gasteiger partial charge >= 0.3 is 0 Å². The molecule has 7 heteroatoms. The highest BCUT2D eigenvalue weighted by atomic mass is 35.5. The van der Waals surface area contributed by atoms with E-state index in [4.69, 9.17) is 9.47 Å². The molecule has 1 aromatic carbocycles. The summed E-state index contributed by atoms with van der Waals surface area (Å²) in [5.41, 5.74) is 1.73. The van der Waals surface area contributed by atoms with Crippen LogP contribution in [0.4, 0.5) is 0 Å². The number of aromatic nitrogens is 1. The van der Waals surface area contributed by atoms with Gasteiger partial charge < -0.3 is 19.7 Å². The first-order valence-electron chi connectivity index (χ1n) is 9.57. The summed E-state index contributed by atoms with van der Waals surface area (Å²) in [5, 5.41) is 3.37. The van der Waals surface area contributed by atoms with Crippen LogP contribution in [0.3, 0.4) is 0 Å². The summed E-state index contributed by atoms with van der Waals surface area (Å²) in [5.74, 6) is 0.808. The Labute approximate surface area is 171 Å². The van der Waals surface area contributed by atoms with Crippen LogP contribution in [-0.4, -0.2) is 54.7 Å². The molecule has 1 N–H and O–H groups in total. The van der Waals surface area contributed by atoms with E-state index in [-0.39, 0.29) is 30.5 Å². The Kier molecular flexibility index (Phi) is 7.25. The van der Waals surface area contributed by atoms with Gasteiger partial charge in [-0.25, -0.2) is 0 Å². The predicted molar refractivity (Wildman–Crippen MR) is 109 cm³/mol. The van der Waals surface area contributed by atoms with Crippen LogP contribution in [0.15, 0.2) is 48.8 Å². The van der Waals surface area contributed by atoms with Crippen molar-refractivity contribution in [3.8, 4) is 5.75 Å². The minimum Gasteiger partial charge on any atom is -0.491 e. The molecule has 0 spiro atoms. The molecule has 3 heterocycles. The minimum absolute atomic E-state index is 0. The highest BCUT2D eigenvalue weighted by Gasteiger charge is 2.28. The highest BCUT2D eigenvalue weighted by Crippen LogP contribution is 2.24. The first kappa shape index (κ1) is 20.6. The Balaban J connectivity index is 0.00000225. The van der Waals surface area contributed by atoms with Crippen molar-refractivity contribution in [3.05, 3.63) is 59.9 Å². The van der Waals surface area contributed by atoms with Crippen molar-refractivity contribution in [2.45, 2.75) is 25.0 Å². The fourth-order valence-corrected chi connectivity index (χ4v) is 3.64. The van der Waals surface area contributed by atoms with E-state index in [2.05, 4.69) is 10.3 Å². The van der Waals surface area contributed by atoms with Crippen molar-refractivity contribution in [3.63, 3.8) is 0 Å². The Morgan fingerprint density at radius 3 is 2.86 bits per heavy atom. The van der Waals surface area contributed by atoms with Gasteiger partial charge in [-0.15, -0.1) is 12.4 Å². The third kappa shape index (κ3) is 4.82. The standard InChI is InChI=1S/C21H25N3O3.ClH/c25-21(24-11-10-23-14-20(24)17-3-1-9-22-13-17)16-5-7-18(8-6-16)27-15-19-4-2-12-26-19;/h1,3,5-9,13,19-20,23H,2,4,10-12,14-15H2;1H. The first-order valence-corrected chi connectivity index (χ1v) is 9.57. The van der Waals surface area contributed by atoms with E-state index in [9.17, 15) is 4.79 Å². The summed E-state index contributed by atoms with van der Waals surface area (Å²) in [6.45, 7) is 3.60. The summed E-state index contributed by atoms with van der Waals surface area (Å²) in [4.78, 5) is 19.2. The number of ether oxygens (including phenoxy) is 2. The van der Waals surface area contributed by atoms with Crippen LogP contribution in [-0.2, 0) is 4.74 Å². The molecule has 2 aliphatic rings. The van der Waals surface area contributed by atoms with E-state index in [1.807, 2.05) is 47.5 Å². The van der Waals surface area contributed by atoms with Crippen LogP contribution < -0.4 is 10.1 Å². The van der Waals surface area contributed by atoms with E-state index < -0.39 is 0 Å². The highest BCUT2D eigenvalue weighted by molar-refractivity contribution is 5.94. The Bertz CT molecular complexity index is 751. The molecular weight excluding hydrogens is 378 g/mol. The van der Waals surface area contributed by atoms with E-state index in [1.54, 1.807) is 6.20 Å². The number of nitrogens with zero attached hydrogens (tertiary/aromatic N) is 2. The van der Waals surface area contributed by atoms with Gasteiger partial charge in [-0.05, 0) is 48.7 Å². The minimum atomic E-state index is -0.00427. The first-order chi connectivity index (χ1) is 13.3. The van der Waals surface area contributed by atoms with E-state index >= 15 is 0 Å². The van der Waals surface area contributed by atoms with Crippen molar-refractivity contribution in [2.75, 3.05) is 32.8 Å². The summed E-state index contributed by atoms with van der Waals surface area (Å²) >= 11 is 0. The van der Waals surface area contributed by atoms with Gasteiger partial charge in [0, 0.05) is 44.2 Å². The fraction of sp³-hybridized carbons (Fsp3) is 0.429. The molecule has 0 radical (unpaired) electrons. The monoisotopic (exact) mass is 403 g/mol. The number of rotatable bonds is 5. The number of carbonyl (C=O) groups is 1. The van der Waals surface area contributed by atoms with Crippen molar-refractivity contribution in [2.24, 2.45) is 0 Å². The van der Waals surface area contributed by atoms with E-state index in [0.29, 0.717) is 18.7 Å². The smallest absolute Gasteiger partial charge is 0.254 e. The normalized spacial score (nSPS) is 21.8. The maximum Gasteiger partial charge on any atom is 0.254 e. The zero-order valence-electron chi connectivity index (χ0n) is 15.8. The molecule has 1 amide bonds. The van der Waals surface area contributed by atoms with Crippen LogP contribution in [0.1, 0.15) is 34.8 Å². The molecule has 2 unspecified atom stereocenters. The number of piperazine rings is 1. The Morgan fingerprint density at radius 2 is 2.14 bits per heavy atom. The molecule has 0 saturated carbocycles. The van der Waals surface area contributed by atoms with Gasteiger partial charge in [-0.1, -0.05) is 6.07 Å². The molecule has 28 heavy (non-hydrogen) atoms. The second-order valence-electron chi connectivity index (χ2n) is 6.98. The average molecular weight is 404 g/mol. The molecular formula is C21H26ClN3O3. The molecule has 6 nitrogen and oxygen atoms in total. The average Bonchev–Trinajstić information content (AvgIpc) is 3.26. The fourth-order valence-electron chi connectivity index (χ4n) is 3.64. The van der Waals surface area contributed by atoms with Crippen LogP contribution in [0.2, 0.25) is 0 Å². The van der Waals surface area contributed by atoms with E-state index in [0.717, 1.165) is 43.9 Å². The number of halogens is 1. The molecule has 2 atom stereocenters. The van der Waals surface area contributed by atoms with Crippen LogP contribution in [0, 0.1) is 0 Å². The zero-order chi connectivity index (χ0) is 18.5. The zero-order valence-corrected chi connectivity index (χ0v) is 16.6. The van der Waals surface area contributed by atoms with Crippen LogP contribution in [0.5, 0.6) is 5.75 Å². The van der Waals surface area contributed by atoms with Gasteiger partial charge in [0.05, 0.1) is 12.1 Å². The molecule has 150 valence electrons. The molecule has 2 fully saturated rings. The largest absolute Gasteiger partial charge is 0.491 e. The quantitative estimate of drug-likeness (QED) is 0.831. The Hall–Kier alpha value is -2.15. The number of benzene rings is 1. The molecule has 4 rings (SSSR count). The summed E-state index contributed by atoms with van der Waals surface area (Å²) < 4.78 is 11.4. The molecule has 2 aromatic rings. The number of pyridine rings is 1. The summed E-state index contributed by atoms with van der Waals surface area (Å²) in [6.07, 6.45) is 5.92. The molecule has 1 aromatic heterocycles. The summed E-state index contributed by atoms with van der Waals surface area (Å²) in [7, 11) is 0. The summed E-state index contributed by atoms with van der Waals surface area (Å²) in [6, 6.07) is 11.3. The lowest BCUT2D eigenvalue weighted by atomic mass is 10.0. The molecule has 2 aliphatic heterocycles. The number of amides is 1. The molecule has 0 bridgehead atoms. The lowest BCUT2D eigenvalue weighted by molar-refractivity contribution is 0.0632. The van der Waals surface area contributed by atoms with Crippen LogP contribution >= 0.6 is 12.4 Å². The van der Waals surface area contributed by atoms with Crippen molar-refractivity contribution in [1.29, 1.82) is 0 Å². The third-order valence-electron chi connectivity index (χ3n) is 5.13. The second-order valence-corrected chi connectivity index (χ2v) is 6.98. The van der Waals surface area contributed by atoms with Gasteiger partial charge in [0.2, 0.25) is 0 Å². The van der Waals surface area contributed by atoms with Gasteiger partial charge in [0.1, 0.15) is 12.4 Å².